The molecule has 0 amide bonds. The van der Waals surface area contributed by atoms with Gasteiger partial charge in [0.1, 0.15) is 22.1 Å². The van der Waals surface area contributed by atoms with Gasteiger partial charge in [-0.2, -0.15) is 20.2 Å². The molecule has 5 aromatic rings. The van der Waals surface area contributed by atoms with Crippen molar-refractivity contribution < 1.29 is 0 Å². The van der Waals surface area contributed by atoms with E-state index in [1.54, 1.807) is 30.5 Å². The van der Waals surface area contributed by atoms with E-state index in [0.717, 1.165) is 0 Å². The molecule has 1 atom stereocenters. The number of nitrogens with one attached hydrogen (secondary N) is 3. The molecule has 31 heavy (non-hydrogen) atoms. The number of hydrogen-bond acceptors (Lipinski definition) is 8. The minimum Gasteiger partial charge on any atom is -0.368 e. The zero-order valence-corrected chi connectivity index (χ0v) is 18.2. The fourth-order valence-electron chi connectivity index (χ4n) is 3.38. The van der Waals surface area contributed by atoms with E-state index >= 15 is 0 Å². The lowest BCUT2D eigenvalue weighted by molar-refractivity contribution is 0.720. The maximum absolute atomic E-state index is 13.4. The van der Waals surface area contributed by atoms with Crippen molar-refractivity contribution in [1.82, 2.24) is 39.9 Å². The highest BCUT2D eigenvalue weighted by Gasteiger charge is 2.22. The van der Waals surface area contributed by atoms with E-state index in [2.05, 4.69) is 51.6 Å². The molecule has 0 fully saturated rings. The first-order valence-corrected chi connectivity index (χ1v) is 10.3. The van der Waals surface area contributed by atoms with Crippen LogP contribution in [0.15, 0.2) is 39.9 Å². The van der Waals surface area contributed by atoms with Crippen LogP contribution in [0.1, 0.15) is 18.8 Å². The van der Waals surface area contributed by atoms with Crippen molar-refractivity contribution in [2.45, 2.75) is 13.0 Å². The molecular weight excluding hydrogens is 488 g/mol. The highest BCUT2D eigenvalue weighted by atomic mass is 79.9. The maximum atomic E-state index is 13.4. The number of benzene rings is 1. The Kier molecular flexibility index (Phi) is 4.59. The normalized spacial score (nSPS) is 12.5. The predicted octanol–water partition coefficient (Wildman–Crippen LogP) is 2.95. The summed E-state index contributed by atoms with van der Waals surface area (Å²) in [5.41, 5.74) is 6.40. The van der Waals surface area contributed by atoms with E-state index in [1.165, 1.54) is 4.57 Å². The molecule has 0 saturated heterocycles. The number of fused-ring (bicyclic) bond motifs is 2. The molecule has 0 aliphatic rings. The van der Waals surface area contributed by atoms with Crippen molar-refractivity contribution in [3.05, 3.63) is 56.3 Å². The van der Waals surface area contributed by atoms with Crippen molar-refractivity contribution in [3.63, 3.8) is 0 Å². The van der Waals surface area contributed by atoms with Crippen molar-refractivity contribution in [3.8, 4) is 5.82 Å². The fourth-order valence-corrected chi connectivity index (χ4v) is 4.09. The van der Waals surface area contributed by atoms with E-state index < -0.39 is 6.04 Å². The second kappa shape index (κ2) is 7.32. The molecule has 5 rings (SSSR count). The van der Waals surface area contributed by atoms with Gasteiger partial charge < -0.3 is 11.1 Å². The van der Waals surface area contributed by atoms with Crippen LogP contribution in [0.4, 0.5) is 11.8 Å². The summed E-state index contributed by atoms with van der Waals surface area (Å²) >= 11 is 9.71. The molecule has 0 saturated carbocycles. The highest BCUT2D eigenvalue weighted by molar-refractivity contribution is 9.10. The lowest BCUT2D eigenvalue weighted by Crippen LogP contribution is -2.28. The van der Waals surface area contributed by atoms with Gasteiger partial charge in [0.05, 0.1) is 33.6 Å². The van der Waals surface area contributed by atoms with Crippen LogP contribution in [-0.4, -0.2) is 39.9 Å². The van der Waals surface area contributed by atoms with E-state index in [9.17, 15) is 4.79 Å². The fraction of sp³-hybridized carbons (Fsp3) is 0.111. The Hall–Kier alpha value is -3.51. The topological polar surface area (TPSA) is 156 Å². The van der Waals surface area contributed by atoms with Gasteiger partial charge in [0.15, 0.2) is 5.65 Å². The van der Waals surface area contributed by atoms with Crippen molar-refractivity contribution in [2.24, 2.45) is 0 Å². The van der Waals surface area contributed by atoms with Gasteiger partial charge in [-0.1, -0.05) is 17.7 Å². The van der Waals surface area contributed by atoms with Gasteiger partial charge in [-0.15, -0.1) is 0 Å². The largest absolute Gasteiger partial charge is 0.368 e. The summed E-state index contributed by atoms with van der Waals surface area (Å²) in [6.45, 7) is 1.85. The van der Waals surface area contributed by atoms with Gasteiger partial charge >= 0.3 is 0 Å². The maximum Gasteiger partial charge on any atom is 0.268 e. The molecule has 0 aliphatic heterocycles. The van der Waals surface area contributed by atoms with Crippen LogP contribution in [0, 0.1) is 0 Å². The van der Waals surface area contributed by atoms with Gasteiger partial charge in [0.2, 0.25) is 5.95 Å². The monoisotopic (exact) mass is 500 g/mol. The summed E-state index contributed by atoms with van der Waals surface area (Å²) in [5.74, 6) is 1.38. The quantitative estimate of drug-likeness (QED) is 0.293. The molecule has 0 radical (unpaired) electrons. The third-order valence-corrected chi connectivity index (χ3v) is 5.62. The molecular formula is C18H14BrClN10O. The summed E-state index contributed by atoms with van der Waals surface area (Å²) in [5, 5.41) is 18.2. The average molecular weight is 502 g/mol. The molecule has 1 aromatic carbocycles. The summed E-state index contributed by atoms with van der Waals surface area (Å²) in [6.07, 6.45) is 1.55. The van der Waals surface area contributed by atoms with Crippen LogP contribution >= 0.6 is 27.5 Å². The molecule has 0 spiro atoms. The Morgan fingerprint density at radius 3 is 2.81 bits per heavy atom. The minimum absolute atomic E-state index is 0.0606. The molecule has 4 aromatic heterocycles. The standard InChI is InChI=1S/C18H14BrClN10O/c1-7(23-14-12-13(19)28-29-15(12)26-18(21)25-14)16-24-9-4-2-3-8(20)11(9)17(31)30(16)10-5-6-22-27-10/h2-7H,1H3,(H,22,27)(H4,21,23,25,26,28,29)/t7-/m0/s1. The molecule has 4 heterocycles. The number of aromatic nitrogens is 8. The molecule has 11 nitrogen and oxygen atoms in total. The summed E-state index contributed by atoms with van der Waals surface area (Å²) < 4.78 is 2.03. The SMILES string of the molecule is C[C@H](Nc1nc(N)nc2n[nH]c(Br)c12)c1nc2cccc(Cl)c2c(=O)n1-c1ccn[nH]1. The Morgan fingerprint density at radius 1 is 1.19 bits per heavy atom. The Bertz CT molecular complexity index is 1490. The number of nitrogens with two attached hydrogens (primary N) is 1. The number of nitrogens with zero attached hydrogens (tertiary/aromatic N) is 6. The van der Waals surface area contributed by atoms with Crippen LogP contribution in [0.2, 0.25) is 5.02 Å². The number of H-pyrrole nitrogens is 2. The minimum atomic E-state index is -0.473. The third-order valence-electron chi connectivity index (χ3n) is 4.73. The first-order valence-electron chi connectivity index (χ1n) is 9.08. The first-order chi connectivity index (χ1) is 14.9. The number of aromatic amines is 2. The molecule has 0 unspecified atom stereocenters. The second-order valence-corrected chi connectivity index (χ2v) is 7.92. The summed E-state index contributed by atoms with van der Waals surface area (Å²) in [7, 11) is 0. The number of rotatable bonds is 4. The zero-order valence-electron chi connectivity index (χ0n) is 15.9. The van der Waals surface area contributed by atoms with Gasteiger partial charge in [0.25, 0.3) is 5.56 Å². The van der Waals surface area contributed by atoms with Crippen LogP contribution in [0.25, 0.3) is 27.8 Å². The van der Waals surface area contributed by atoms with E-state index in [-0.39, 0.29) is 11.5 Å². The summed E-state index contributed by atoms with van der Waals surface area (Å²) in [4.78, 5) is 26.5. The number of anilines is 2. The Balaban J connectivity index is 1.71. The van der Waals surface area contributed by atoms with Crippen LogP contribution in [0.3, 0.4) is 0 Å². The lowest BCUT2D eigenvalue weighted by Gasteiger charge is -2.19. The van der Waals surface area contributed by atoms with Crippen LogP contribution < -0.4 is 16.6 Å². The van der Waals surface area contributed by atoms with Crippen molar-refractivity contribution >= 4 is 61.2 Å². The number of hydrogen-bond donors (Lipinski definition) is 4. The van der Waals surface area contributed by atoms with Gasteiger partial charge in [-0.3, -0.25) is 15.0 Å². The van der Waals surface area contributed by atoms with Crippen LogP contribution in [-0.2, 0) is 0 Å². The van der Waals surface area contributed by atoms with Crippen molar-refractivity contribution in [1.29, 1.82) is 0 Å². The zero-order chi connectivity index (χ0) is 21.7. The van der Waals surface area contributed by atoms with Crippen LogP contribution in [0.5, 0.6) is 0 Å². The number of nitrogen functional groups attached to an aromatic ring is 1. The van der Waals surface area contributed by atoms with Crippen molar-refractivity contribution in [2.75, 3.05) is 11.1 Å². The first kappa shape index (κ1) is 19.5. The Labute approximate surface area is 187 Å². The van der Waals surface area contributed by atoms with Gasteiger partial charge in [0, 0.05) is 6.07 Å². The average Bonchev–Trinajstić information content (AvgIpc) is 3.38. The van der Waals surface area contributed by atoms with Gasteiger partial charge in [-0.05, 0) is 35.0 Å². The lowest BCUT2D eigenvalue weighted by atomic mass is 10.2. The highest BCUT2D eigenvalue weighted by Crippen LogP contribution is 2.30. The third kappa shape index (κ3) is 3.20. The molecule has 156 valence electrons. The number of halogens is 2. The van der Waals surface area contributed by atoms with E-state index in [1.807, 2.05) is 6.92 Å². The predicted molar refractivity (Wildman–Crippen MR) is 120 cm³/mol. The van der Waals surface area contributed by atoms with E-state index in [0.29, 0.717) is 49.0 Å². The second-order valence-electron chi connectivity index (χ2n) is 6.72. The molecule has 13 heteroatoms. The van der Waals surface area contributed by atoms with Gasteiger partial charge in [-0.25, -0.2) is 9.55 Å². The molecule has 0 bridgehead atoms. The smallest absolute Gasteiger partial charge is 0.268 e. The Morgan fingerprint density at radius 2 is 2.03 bits per heavy atom. The van der Waals surface area contributed by atoms with E-state index in [4.69, 9.17) is 22.3 Å². The molecule has 0 aliphatic carbocycles. The molecule has 5 N–H and O–H groups in total. The summed E-state index contributed by atoms with van der Waals surface area (Å²) in [6, 6.07) is 6.34.